The zero-order valence-corrected chi connectivity index (χ0v) is 10.8. The minimum atomic E-state index is -0.761. The lowest BCUT2D eigenvalue weighted by atomic mass is 10.1. The Balaban J connectivity index is 3.45. The van der Waals surface area contributed by atoms with Crippen molar-refractivity contribution in [2.45, 2.75) is 4.83 Å². The lowest BCUT2D eigenvalue weighted by molar-refractivity contribution is -0.385. The van der Waals surface area contributed by atoms with Crippen molar-refractivity contribution in [3.8, 4) is 11.5 Å². The van der Waals surface area contributed by atoms with Crippen molar-refractivity contribution in [3.05, 3.63) is 27.8 Å². The van der Waals surface area contributed by atoms with Crippen molar-refractivity contribution in [2.24, 2.45) is 0 Å². The molecule has 1 aromatic rings. The van der Waals surface area contributed by atoms with Gasteiger partial charge in [-0.3, -0.25) is 10.1 Å². The number of nitro groups is 1. The van der Waals surface area contributed by atoms with Crippen LogP contribution in [0, 0.1) is 10.1 Å². The third kappa shape index (κ3) is 2.73. The number of halogens is 1. The first-order chi connectivity index (χ1) is 8.04. The molecule has 0 fully saturated rings. The van der Waals surface area contributed by atoms with Gasteiger partial charge in [-0.05, 0) is 6.07 Å². The summed E-state index contributed by atoms with van der Waals surface area (Å²) in [5.41, 5.74) is 0.0271. The summed E-state index contributed by atoms with van der Waals surface area (Å²) in [6.45, 7) is 0. The molecule has 0 aliphatic carbocycles. The molecule has 0 bridgehead atoms. The normalized spacial score (nSPS) is 11.7. The maximum Gasteiger partial charge on any atom is 0.278 e. The molecule has 17 heavy (non-hydrogen) atoms. The summed E-state index contributed by atoms with van der Waals surface area (Å²) in [6, 6.07) is 2.64. The molecule has 0 aliphatic heterocycles. The number of carbonyl (C=O) groups is 1. The van der Waals surface area contributed by atoms with Crippen LogP contribution in [-0.2, 0) is 4.79 Å². The number of hydrogen-bond donors (Lipinski definition) is 0. The Bertz CT molecular complexity index is 449. The van der Waals surface area contributed by atoms with Crippen LogP contribution >= 0.6 is 15.9 Å². The lowest BCUT2D eigenvalue weighted by Crippen LogP contribution is -2.01. The summed E-state index contributed by atoms with van der Waals surface area (Å²) in [6.07, 6.45) is 0.564. The molecule has 1 atom stereocenters. The van der Waals surface area contributed by atoms with Gasteiger partial charge in [0.05, 0.1) is 30.8 Å². The molecule has 1 aromatic carbocycles. The molecule has 6 nitrogen and oxygen atoms in total. The molecule has 0 radical (unpaired) electrons. The largest absolute Gasteiger partial charge is 0.493 e. The quantitative estimate of drug-likeness (QED) is 0.361. The third-order valence-electron chi connectivity index (χ3n) is 2.15. The van der Waals surface area contributed by atoms with Crippen molar-refractivity contribution < 1.29 is 19.2 Å². The number of carbonyl (C=O) groups excluding carboxylic acids is 1. The summed E-state index contributed by atoms with van der Waals surface area (Å²) < 4.78 is 9.98. The van der Waals surface area contributed by atoms with Crippen molar-refractivity contribution >= 4 is 27.9 Å². The average Bonchev–Trinajstić information content (AvgIpc) is 2.35. The zero-order valence-electron chi connectivity index (χ0n) is 9.18. The Morgan fingerprint density at radius 1 is 1.35 bits per heavy atom. The van der Waals surface area contributed by atoms with E-state index in [-0.39, 0.29) is 17.0 Å². The average molecular weight is 304 g/mol. The number of ether oxygens (including phenoxy) is 2. The number of nitro benzene ring substituents is 1. The van der Waals surface area contributed by atoms with Gasteiger partial charge in [0, 0.05) is 0 Å². The number of nitrogens with zero attached hydrogens (tertiary/aromatic N) is 1. The fourth-order valence-corrected chi connectivity index (χ4v) is 1.70. The number of benzene rings is 1. The molecule has 0 heterocycles. The van der Waals surface area contributed by atoms with E-state index in [9.17, 15) is 14.9 Å². The summed E-state index contributed by atoms with van der Waals surface area (Å²) in [5, 5.41) is 10.9. The van der Waals surface area contributed by atoms with Crippen LogP contribution in [0.25, 0.3) is 0 Å². The second-order valence-corrected chi connectivity index (χ2v) is 4.05. The highest BCUT2D eigenvalue weighted by atomic mass is 79.9. The van der Waals surface area contributed by atoms with Gasteiger partial charge in [-0.25, -0.2) is 0 Å². The van der Waals surface area contributed by atoms with Crippen LogP contribution in [0.15, 0.2) is 12.1 Å². The molecule has 0 N–H and O–H groups in total. The molecule has 1 rings (SSSR count). The molecule has 0 spiro atoms. The zero-order chi connectivity index (χ0) is 13.0. The lowest BCUT2D eigenvalue weighted by Gasteiger charge is -2.11. The smallest absolute Gasteiger partial charge is 0.278 e. The van der Waals surface area contributed by atoms with E-state index in [1.54, 1.807) is 0 Å². The van der Waals surface area contributed by atoms with E-state index in [1.807, 2.05) is 0 Å². The highest BCUT2D eigenvalue weighted by molar-refractivity contribution is 9.09. The van der Waals surface area contributed by atoms with Gasteiger partial charge in [-0.1, -0.05) is 15.9 Å². The first-order valence-corrected chi connectivity index (χ1v) is 5.46. The molecular formula is C10H10BrNO5. The first-order valence-electron chi connectivity index (χ1n) is 4.54. The molecule has 1 unspecified atom stereocenters. The van der Waals surface area contributed by atoms with Gasteiger partial charge >= 0.3 is 0 Å². The number of aldehydes is 1. The fraction of sp³-hybridized carbons (Fsp3) is 0.300. The van der Waals surface area contributed by atoms with Crippen molar-refractivity contribution in [3.63, 3.8) is 0 Å². The van der Waals surface area contributed by atoms with E-state index in [0.717, 1.165) is 0 Å². The Labute approximate surface area is 106 Å². The fourth-order valence-electron chi connectivity index (χ4n) is 1.34. The minimum Gasteiger partial charge on any atom is -0.493 e. The van der Waals surface area contributed by atoms with Gasteiger partial charge in [0.15, 0.2) is 11.5 Å². The van der Waals surface area contributed by atoms with E-state index in [2.05, 4.69) is 15.9 Å². The van der Waals surface area contributed by atoms with Crippen molar-refractivity contribution in [1.29, 1.82) is 0 Å². The van der Waals surface area contributed by atoms with Gasteiger partial charge in [-0.15, -0.1) is 0 Å². The van der Waals surface area contributed by atoms with Gasteiger partial charge < -0.3 is 14.3 Å². The van der Waals surface area contributed by atoms with E-state index in [0.29, 0.717) is 12.0 Å². The maximum atomic E-state index is 10.9. The molecule has 0 saturated carbocycles. The van der Waals surface area contributed by atoms with E-state index < -0.39 is 9.75 Å². The molecule has 0 amide bonds. The van der Waals surface area contributed by atoms with Gasteiger partial charge in [0.2, 0.25) is 0 Å². The third-order valence-corrected chi connectivity index (χ3v) is 2.86. The SMILES string of the molecule is COc1cc(C(Br)C=O)c([N+](=O)[O-])cc1OC. The number of rotatable bonds is 5. The molecule has 7 heteroatoms. The Hall–Kier alpha value is -1.63. The summed E-state index contributed by atoms with van der Waals surface area (Å²) >= 11 is 3.05. The van der Waals surface area contributed by atoms with Crippen LogP contribution in [-0.4, -0.2) is 25.4 Å². The maximum absolute atomic E-state index is 10.9. The van der Waals surface area contributed by atoms with Crippen LogP contribution in [0.1, 0.15) is 10.4 Å². The summed E-state index contributed by atoms with van der Waals surface area (Å²) in [5.74, 6) is 0.577. The molecular weight excluding hydrogens is 294 g/mol. The van der Waals surface area contributed by atoms with Crippen LogP contribution in [0.2, 0.25) is 0 Å². The van der Waals surface area contributed by atoms with Crippen LogP contribution in [0.3, 0.4) is 0 Å². The van der Waals surface area contributed by atoms with Crippen molar-refractivity contribution in [2.75, 3.05) is 14.2 Å². The highest BCUT2D eigenvalue weighted by Gasteiger charge is 2.23. The standard InChI is InChI=1S/C10H10BrNO5/c1-16-9-3-6(7(11)5-13)8(12(14)15)4-10(9)17-2/h3-5,7H,1-2H3. The predicted octanol–water partition coefficient (Wildman–Crippen LogP) is 2.25. The Kier molecular flexibility index (Phi) is 4.45. The van der Waals surface area contributed by atoms with E-state index in [4.69, 9.17) is 9.47 Å². The molecule has 0 aromatic heterocycles. The predicted molar refractivity (Wildman–Crippen MR) is 63.9 cm³/mol. The topological polar surface area (TPSA) is 78.7 Å². The second kappa shape index (κ2) is 5.62. The Morgan fingerprint density at radius 2 is 1.88 bits per heavy atom. The minimum absolute atomic E-state index is 0.198. The van der Waals surface area contributed by atoms with Crippen LogP contribution < -0.4 is 9.47 Å². The number of hydrogen-bond acceptors (Lipinski definition) is 5. The van der Waals surface area contributed by atoms with Gasteiger partial charge in [0.25, 0.3) is 5.69 Å². The number of alkyl halides is 1. The molecule has 0 aliphatic rings. The van der Waals surface area contributed by atoms with Crippen LogP contribution in [0.4, 0.5) is 5.69 Å². The van der Waals surface area contributed by atoms with E-state index in [1.165, 1.54) is 26.4 Å². The van der Waals surface area contributed by atoms with Gasteiger partial charge in [-0.2, -0.15) is 0 Å². The summed E-state index contributed by atoms with van der Waals surface area (Å²) in [7, 11) is 2.80. The number of methoxy groups -OCH3 is 2. The Morgan fingerprint density at radius 3 is 2.29 bits per heavy atom. The van der Waals surface area contributed by atoms with Crippen LogP contribution in [0.5, 0.6) is 11.5 Å². The summed E-state index contributed by atoms with van der Waals surface area (Å²) in [4.78, 5) is 20.2. The first kappa shape index (κ1) is 13.4. The molecule has 92 valence electrons. The van der Waals surface area contributed by atoms with E-state index >= 15 is 0 Å². The molecule has 0 saturated heterocycles. The second-order valence-electron chi connectivity index (χ2n) is 3.06. The highest BCUT2D eigenvalue weighted by Crippen LogP contribution is 2.39. The monoisotopic (exact) mass is 303 g/mol. The van der Waals surface area contributed by atoms with Gasteiger partial charge in [0.1, 0.15) is 11.1 Å². The van der Waals surface area contributed by atoms with Crippen molar-refractivity contribution in [1.82, 2.24) is 0 Å².